The molecule has 1 aliphatic rings. The standard InChI is InChI=1S/C7H11F4N/c1-5-2-6(8)3-12(5)4-7(9,10)11/h5-6H,2-4H2,1H3. The molecule has 0 aromatic rings. The minimum absolute atomic E-state index is 0.0827. The van der Waals surface area contributed by atoms with Gasteiger partial charge in [0.15, 0.2) is 0 Å². The van der Waals surface area contributed by atoms with Crippen LogP contribution >= 0.6 is 0 Å². The van der Waals surface area contributed by atoms with Crippen LogP contribution in [0.5, 0.6) is 0 Å². The highest BCUT2D eigenvalue weighted by molar-refractivity contribution is 4.83. The Morgan fingerprint density at radius 1 is 1.42 bits per heavy atom. The Labute approximate surface area is 68.3 Å². The van der Waals surface area contributed by atoms with Crippen LogP contribution in [0.2, 0.25) is 0 Å². The van der Waals surface area contributed by atoms with E-state index in [0.29, 0.717) is 0 Å². The van der Waals surface area contributed by atoms with Gasteiger partial charge in [-0.1, -0.05) is 0 Å². The van der Waals surface area contributed by atoms with E-state index in [9.17, 15) is 17.6 Å². The van der Waals surface area contributed by atoms with E-state index in [4.69, 9.17) is 0 Å². The fourth-order valence-corrected chi connectivity index (χ4v) is 1.48. The molecular weight excluding hydrogens is 174 g/mol. The summed E-state index contributed by atoms with van der Waals surface area (Å²) in [5.74, 6) is 0. The summed E-state index contributed by atoms with van der Waals surface area (Å²) in [6.45, 7) is 0.542. The van der Waals surface area contributed by atoms with Crippen molar-refractivity contribution in [3.63, 3.8) is 0 Å². The normalized spacial score (nSPS) is 32.8. The van der Waals surface area contributed by atoms with E-state index in [2.05, 4.69) is 0 Å². The predicted molar refractivity (Wildman–Crippen MR) is 36.6 cm³/mol. The molecule has 0 radical (unpaired) electrons. The van der Waals surface area contributed by atoms with Gasteiger partial charge in [-0.3, -0.25) is 4.90 Å². The van der Waals surface area contributed by atoms with Gasteiger partial charge in [-0.25, -0.2) is 4.39 Å². The van der Waals surface area contributed by atoms with Gasteiger partial charge in [-0.15, -0.1) is 0 Å². The van der Waals surface area contributed by atoms with E-state index in [1.54, 1.807) is 6.92 Å². The molecule has 0 saturated carbocycles. The molecule has 1 saturated heterocycles. The third kappa shape index (κ3) is 2.62. The summed E-state index contributed by atoms with van der Waals surface area (Å²) in [5, 5.41) is 0. The van der Waals surface area contributed by atoms with Crippen LogP contribution < -0.4 is 0 Å². The number of likely N-dealkylation sites (tertiary alicyclic amines) is 1. The predicted octanol–water partition coefficient (Wildman–Crippen LogP) is 1.98. The van der Waals surface area contributed by atoms with Gasteiger partial charge in [0, 0.05) is 12.6 Å². The largest absolute Gasteiger partial charge is 0.401 e. The van der Waals surface area contributed by atoms with Crippen LogP contribution in [0.25, 0.3) is 0 Å². The molecule has 5 heteroatoms. The zero-order valence-corrected chi connectivity index (χ0v) is 6.74. The molecule has 12 heavy (non-hydrogen) atoms. The van der Waals surface area contributed by atoms with Crippen molar-refractivity contribution >= 4 is 0 Å². The maximum Gasteiger partial charge on any atom is 0.401 e. The minimum Gasteiger partial charge on any atom is -0.289 e. The Kier molecular flexibility index (Phi) is 2.61. The maximum absolute atomic E-state index is 12.6. The van der Waals surface area contributed by atoms with Crippen molar-refractivity contribution in [3.05, 3.63) is 0 Å². The first-order chi connectivity index (χ1) is 5.38. The Morgan fingerprint density at radius 2 is 2.00 bits per heavy atom. The van der Waals surface area contributed by atoms with E-state index in [0.717, 1.165) is 4.90 Å². The van der Waals surface area contributed by atoms with Crippen molar-refractivity contribution in [2.75, 3.05) is 13.1 Å². The van der Waals surface area contributed by atoms with Crippen molar-refractivity contribution in [2.24, 2.45) is 0 Å². The Morgan fingerprint density at radius 3 is 2.33 bits per heavy atom. The van der Waals surface area contributed by atoms with Crippen LogP contribution in [-0.4, -0.2) is 36.4 Å². The zero-order valence-electron chi connectivity index (χ0n) is 6.74. The molecule has 1 heterocycles. The molecule has 2 atom stereocenters. The van der Waals surface area contributed by atoms with Crippen LogP contribution in [-0.2, 0) is 0 Å². The third-order valence-corrected chi connectivity index (χ3v) is 2.04. The molecule has 0 spiro atoms. The monoisotopic (exact) mass is 185 g/mol. The molecule has 1 nitrogen and oxygen atoms in total. The van der Waals surface area contributed by atoms with Crippen LogP contribution in [0.15, 0.2) is 0 Å². The van der Waals surface area contributed by atoms with Gasteiger partial charge in [-0.2, -0.15) is 13.2 Å². The summed E-state index contributed by atoms with van der Waals surface area (Å²) >= 11 is 0. The van der Waals surface area contributed by atoms with Crippen molar-refractivity contribution < 1.29 is 17.6 Å². The first kappa shape index (κ1) is 9.77. The molecule has 1 fully saturated rings. The molecule has 0 amide bonds. The van der Waals surface area contributed by atoms with Gasteiger partial charge in [0.25, 0.3) is 0 Å². The van der Waals surface area contributed by atoms with Crippen molar-refractivity contribution in [1.82, 2.24) is 4.90 Å². The van der Waals surface area contributed by atoms with Crippen LogP contribution in [0.4, 0.5) is 17.6 Å². The molecule has 0 N–H and O–H groups in total. The Balaban J connectivity index is 2.43. The lowest BCUT2D eigenvalue weighted by Gasteiger charge is -2.21. The van der Waals surface area contributed by atoms with Gasteiger partial charge in [0.1, 0.15) is 6.17 Å². The summed E-state index contributed by atoms with van der Waals surface area (Å²) in [5.41, 5.74) is 0. The van der Waals surface area contributed by atoms with Gasteiger partial charge in [0.2, 0.25) is 0 Å². The Hall–Kier alpha value is -0.320. The average molecular weight is 185 g/mol. The smallest absolute Gasteiger partial charge is 0.289 e. The fraction of sp³-hybridized carbons (Fsp3) is 1.00. The van der Waals surface area contributed by atoms with Gasteiger partial charge < -0.3 is 0 Å². The molecule has 1 aliphatic heterocycles. The zero-order chi connectivity index (χ0) is 9.35. The molecule has 0 aromatic heterocycles. The summed E-state index contributed by atoms with van der Waals surface area (Å²) in [7, 11) is 0. The van der Waals surface area contributed by atoms with Crippen LogP contribution in [0, 0.1) is 0 Å². The molecule has 72 valence electrons. The van der Waals surface area contributed by atoms with Crippen molar-refractivity contribution in [3.8, 4) is 0 Å². The van der Waals surface area contributed by atoms with Gasteiger partial charge in [-0.05, 0) is 13.3 Å². The van der Waals surface area contributed by atoms with Crippen molar-refractivity contribution in [2.45, 2.75) is 31.7 Å². The lowest BCUT2D eigenvalue weighted by Crippen LogP contribution is -2.36. The van der Waals surface area contributed by atoms with E-state index < -0.39 is 18.9 Å². The van der Waals surface area contributed by atoms with Crippen LogP contribution in [0.3, 0.4) is 0 Å². The molecular formula is C7H11F4N. The van der Waals surface area contributed by atoms with Crippen molar-refractivity contribution in [1.29, 1.82) is 0 Å². The minimum atomic E-state index is -4.21. The highest BCUT2D eigenvalue weighted by atomic mass is 19.4. The summed E-state index contributed by atoms with van der Waals surface area (Å²) in [4.78, 5) is 1.13. The van der Waals surface area contributed by atoms with Gasteiger partial charge >= 0.3 is 6.18 Å². The van der Waals surface area contributed by atoms with E-state index >= 15 is 0 Å². The topological polar surface area (TPSA) is 3.24 Å². The highest BCUT2D eigenvalue weighted by Crippen LogP contribution is 2.25. The molecule has 0 aromatic carbocycles. The summed E-state index contributed by atoms with van der Waals surface area (Å²) < 4.78 is 48.1. The number of halogens is 4. The first-order valence-corrected chi connectivity index (χ1v) is 3.83. The third-order valence-electron chi connectivity index (χ3n) is 2.04. The lowest BCUT2D eigenvalue weighted by molar-refractivity contribution is -0.147. The number of alkyl halides is 4. The number of rotatable bonds is 1. The van der Waals surface area contributed by atoms with Gasteiger partial charge in [0.05, 0.1) is 6.54 Å². The Bertz CT molecular complexity index is 156. The summed E-state index contributed by atoms with van der Waals surface area (Å²) in [6, 6.07) is -0.290. The summed E-state index contributed by atoms with van der Waals surface area (Å²) in [6.07, 6.45) is -5.09. The fourth-order valence-electron chi connectivity index (χ4n) is 1.48. The highest BCUT2D eigenvalue weighted by Gasteiger charge is 2.37. The quantitative estimate of drug-likeness (QED) is 0.564. The molecule has 0 bridgehead atoms. The van der Waals surface area contributed by atoms with E-state index in [1.807, 2.05) is 0 Å². The maximum atomic E-state index is 12.6. The second kappa shape index (κ2) is 3.20. The molecule has 1 rings (SSSR count). The lowest BCUT2D eigenvalue weighted by atomic mass is 10.2. The number of hydrogen-bond acceptors (Lipinski definition) is 1. The number of hydrogen-bond donors (Lipinski definition) is 0. The van der Waals surface area contributed by atoms with E-state index in [-0.39, 0.29) is 19.0 Å². The average Bonchev–Trinajstić information content (AvgIpc) is 2.06. The van der Waals surface area contributed by atoms with E-state index in [1.165, 1.54) is 0 Å². The first-order valence-electron chi connectivity index (χ1n) is 3.83. The molecule has 0 aliphatic carbocycles. The molecule has 2 unspecified atom stereocenters. The van der Waals surface area contributed by atoms with Crippen LogP contribution in [0.1, 0.15) is 13.3 Å². The second-order valence-corrected chi connectivity index (χ2v) is 3.23. The second-order valence-electron chi connectivity index (χ2n) is 3.23. The SMILES string of the molecule is CC1CC(F)CN1CC(F)(F)F. The number of nitrogens with zero attached hydrogens (tertiary/aromatic N) is 1.